The first-order chi connectivity index (χ1) is 22.9. The molecule has 0 fully saturated rings. The Balaban J connectivity index is 1.39. The van der Waals surface area contributed by atoms with Crippen molar-refractivity contribution in [1.29, 1.82) is 0 Å². The van der Waals surface area contributed by atoms with Crippen LogP contribution in [0.4, 0.5) is 10.8 Å². The van der Waals surface area contributed by atoms with Gasteiger partial charge in [-0.2, -0.15) is 0 Å². The number of carboxylic acid groups (broad SMARTS) is 1. The van der Waals surface area contributed by atoms with Gasteiger partial charge in [0.25, 0.3) is 5.91 Å². The normalized spacial score (nSPS) is 13.3. The van der Waals surface area contributed by atoms with E-state index >= 15 is 0 Å². The Morgan fingerprint density at radius 1 is 1.04 bits per heavy atom. The predicted octanol–water partition coefficient (Wildman–Crippen LogP) is 9.06. The van der Waals surface area contributed by atoms with Gasteiger partial charge in [-0.25, -0.2) is 4.98 Å². The summed E-state index contributed by atoms with van der Waals surface area (Å²) in [5.41, 5.74) is 7.81. The third-order valence-corrected chi connectivity index (χ3v) is 8.95. The SMILES string of the molecule is CC/C=C\C/C=C\Cc1noc(C)c1-c1csc(N(Cc2ccc(C(=O)NCCC(=O)O)cc2)c2ccc(C3=CCCCC3)cc2)n1. The van der Waals surface area contributed by atoms with Crippen LogP contribution in [0.15, 0.2) is 88.8 Å². The van der Waals surface area contributed by atoms with Crippen LogP contribution in [0.1, 0.15) is 84.8 Å². The number of anilines is 2. The zero-order valence-corrected chi connectivity index (χ0v) is 27.9. The summed E-state index contributed by atoms with van der Waals surface area (Å²) >= 11 is 1.57. The molecule has 5 rings (SSSR count). The summed E-state index contributed by atoms with van der Waals surface area (Å²) in [6, 6.07) is 16.1. The minimum atomic E-state index is -0.947. The van der Waals surface area contributed by atoms with E-state index in [2.05, 4.69) is 82.3 Å². The van der Waals surface area contributed by atoms with Crippen LogP contribution in [0.5, 0.6) is 0 Å². The molecule has 47 heavy (non-hydrogen) atoms. The van der Waals surface area contributed by atoms with E-state index < -0.39 is 5.97 Å². The minimum absolute atomic E-state index is 0.0862. The summed E-state index contributed by atoms with van der Waals surface area (Å²) < 4.78 is 5.62. The predicted molar refractivity (Wildman–Crippen MR) is 189 cm³/mol. The summed E-state index contributed by atoms with van der Waals surface area (Å²) in [6.45, 7) is 4.68. The van der Waals surface area contributed by atoms with Crippen molar-refractivity contribution < 1.29 is 19.2 Å². The third-order valence-electron chi connectivity index (χ3n) is 8.09. The van der Waals surface area contributed by atoms with E-state index in [4.69, 9.17) is 14.6 Å². The molecule has 0 atom stereocenters. The first-order valence-electron chi connectivity index (χ1n) is 16.3. The number of aryl methyl sites for hydroxylation is 1. The van der Waals surface area contributed by atoms with Crippen molar-refractivity contribution in [2.24, 2.45) is 0 Å². The van der Waals surface area contributed by atoms with E-state index in [-0.39, 0.29) is 18.9 Å². The van der Waals surface area contributed by atoms with Crippen molar-refractivity contribution in [2.75, 3.05) is 11.4 Å². The number of carbonyl (C=O) groups is 2. The van der Waals surface area contributed by atoms with E-state index in [1.807, 2.05) is 19.1 Å². The second kappa shape index (κ2) is 16.7. The van der Waals surface area contributed by atoms with Gasteiger partial charge in [-0.05, 0) is 86.4 Å². The molecule has 8 nitrogen and oxygen atoms in total. The highest BCUT2D eigenvalue weighted by Crippen LogP contribution is 2.37. The molecule has 1 aliphatic carbocycles. The lowest BCUT2D eigenvalue weighted by Gasteiger charge is -2.23. The Hall–Kier alpha value is -4.76. The Morgan fingerprint density at radius 2 is 1.83 bits per heavy atom. The topological polar surface area (TPSA) is 109 Å². The van der Waals surface area contributed by atoms with Gasteiger partial charge in [-0.3, -0.25) is 9.59 Å². The van der Waals surface area contributed by atoms with Crippen LogP contribution < -0.4 is 10.2 Å². The molecule has 9 heteroatoms. The van der Waals surface area contributed by atoms with Crippen LogP contribution in [-0.4, -0.2) is 33.7 Å². The Bertz CT molecular complexity index is 1730. The molecular weight excluding hydrogens is 609 g/mol. The monoisotopic (exact) mass is 650 g/mol. The molecule has 2 heterocycles. The number of amides is 1. The molecule has 0 unspecified atom stereocenters. The molecule has 0 bridgehead atoms. The van der Waals surface area contributed by atoms with Gasteiger partial charge in [0.05, 0.1) is 29.9 Å². The van der Waals surface area contributed by atoms with Gasteiger partial charge < -0.3 is 19.8 Å². The molecule has 0 aliphatic heterocycles. The van der Waals surface area contributed by atoms with Gasteiger partial charge in [0.15, 0.2) is 5.13 Å². The van der Waals surface area contributed by atoms with E-state index in [1.165, 1.54) is 24.0 Å². The maximum atomic E-state index is 12.5. The van der Waals surface area contributed by atoms with E-state index in [0.29, 0.717) is 18.5 Å². The Morgan fingerprint density at radius 3 is 2.55 bits per heavy atom. The van der Waals surface area contributed by atoms with E-state index in [0.717, 1.165) is 64.8 Å². The van der Waals surface area contributed by atoms with Gasteiger partial charge in [0.1, 0.15) is 5.76 Å². The van der Waals surface area contributed by atoms with Gasteiger partial charge in [-0.1, -0.05) is 66.7 Å². The van der Waals surface area contributed by atoms with Crippen molar-refractivity contribution in [2.45, 2.75) is 71.8 Å². The number of allylic oxidation sites excluding steroid dienone is 6. The molecule has 4 aromatic rings. The van der Waals surface area contributed by atoms with Crippen molar-refractivity contribution >= 4 is 39.6 Å². The smallest absolute Gasteiger partial charge is 0.305 e. The number of hydrogen-bond acceptors (Lipinski definition) is 7. The lowest BCUT2D eigenvalue weighted by atomic mass is 9.93. The number of carboxylic acids is 1. The Kier molecular flexibility index (Phi) is 11.9. The van der Waals surface area contributed by atoms with Crippen molar-refractivity contribution in [3.8, 4) is 11.3 Å². The molecule has 0 radical (unpaired) electrons. The fraction of sp³-hybridized carbons (Fsp3) is 0.316. The van der Waals surface area contributed by atoms with Gasteiger partial charge >= 0.3 is 5.97 Å². The lowest BCUT2D eigenvalue weighted by molar-refractivity contribution is -0.136. The second-order valence-electron chi connectivity index (χ2n) is 11.6. The molecule has 2 N–H and O–H groups in total. The molecule has 1 amide bonds. The fourth-order valence-corrected chi connectivity index (χ4v) is 6.41. The number of rotatable bonds is 15. The highest BCUT2D eigenvalue weighted by atomic mass is 32.1. The molecule has 2 aromatic carbocycles. The first-order valence-corrected chi connectivity index (χ1v) is 17.2. The largest absolute Gasteiger partial charge is 0.481 e. The summed E-state index contributed by atoms with van der Waals surface area (Å²) in [7, 11) is 0. The van der Waals surface area contributed by atoms with Crippen LogP contribution in [-0.2, 0) is 17.8 Å². The third kappa shape index (κ3) is 9.16. The zero-order valence-electron chi connectivity index (χ0n) is 27.1. The van der Waals surface area contributed by atoms with Crippen LogP contribution in [0, 0.1) is 6.92 Å². The molecule has 0 saturated heterocycles. The second-order valence-corrected chi connectivity index (χ2v) is 12.4. The lowest BCUT2D eigenvalue weighted by Crippen LogP contribution is -2.26. The maximum absolute atomic E-state index is 12.5. The number of hydrogen-bond donors (Lipinski definition) is 2. The fourth-order valence-electron chi connectivity index (χ4n) is 5.58. The molecule has 0 saturated carbocycles. The van der Waals surface area contributed by atoms with E-state index in [9.17, 15) is 9.59 Å². The zero-order chi connectivity index (χ0) is 33.0. The quantitative estimate of drug-likeness (QED) is 0.124. The van der Waals surface area contributed by atoms with Crippen molar-refractivity contribution in [3.05, 3.63) is 112 Å². The number of nitrogens with zero attached hydrogens (tertiary/aromatic N) is 3. The van der Waals surface area contributed by atoms with Gasteiger partial charge in [0.2, 0.25) is 0 Å². The average molecular weight is 651 g/mol. The summed E-state index contributed by atoms with van der Waals surface area (Å²) in [5, 5.41) is 18.8. The highest BCUT2D eigenvalue weighted by molar-refractivity contribution is 7.14. The Labute approximate surface area is 280 Å². The molecule has 2 aromatic heterocycles. The number of nitrogens with one attached hydrogen (secondary N) is 1. The average Bonchev–Trinajstić information content (AvgIpc) is 3.72. The van der Waals surface area contributed by atoms with Crippen molar-refractivity contribution in [3.63, 3.8) is 0 Å². The van der Waals surface area contributed by atoms with Crippen LogP contribution >= 0.6 is 11.3 Å². The van der Waals surface area contributed by atoms with Gasteiger partial charge in [0, 0.05) is 29.6 Å². The number of carbonyl (C=O) groups excluding carboxylic acids is 1. The van der Waals surface area contributed by atoms with Crippen molar-refractivity contribution in [1.82, 2.24) is 15.5 Å². The standard InChI is InChI=1S/C38H42N4O4S/c1-3-4-5-6-7-11-14-33-36(27(2)46-41-33)34-26-47-38(40-34)42(32-21-19-30(20-22-32)29-12-9-8-10-13-29)25-28-15-17-31(18-16-28)37(45)39-24-23-35(43)44/h4-5,7,11-12,15-22,26H,3,6,8-10,13-14,23-25H2,1-2H3,(H,39,45)(H,43,44)/b5-4-,11-7-. The maximum Gasteiger partial charge on any atom is 0.305 e. The summed E-state index contributed by atoms with van der Waals surface area (Å²) in [6.07, 6.45) is 18.2. The minimum Gasteiger partial charge on any atom is -0.481 e. The number of aliphatic carboxylic acids is 1. The molecule has 1 aliphatic rings. The summed E-state index contributed by atoms with van der Waals surface area (Å²) in [4.78, 5) is 30.6. The number of thiazole rings is 1. The molecular formula is C38H42N4O4S. The molecule has 244 valence electrons. The van der Waals surface area contributed by atoms with E-state index in [1.54, 1.807) is 23.5 Å². The van der Waals surface area contributed by atoms with Crippen LogP contribution in [0.2, 0.25) is 0 Å². The number of benzene rings is 2. The first kappa shape index (κ1) is 33.6. The number of aromatic nitrogens is 2. The van der Waals surface area contributed by atoms with Crippen LogP contribution in [0.25, 0.3) is 16.8 Å². The summed E-state index contributed by atoms with van der Waals surface area (Å²) in [5.74, 6) is -0.499. The molecule has 0 spiro atoms. The van der Waals surface area contributed by atoms with Gasteiger partial charge in [-0.15, -0.1) is 11.3 Å². The highest BCUT2D eigenvalue weighted by Gasteiger charge is 2.21. The van der Waals surface area contributed by atoms with Crippen LogP contribution in [0.3, 0.4) is 0 Å².